The zero-order valence-electron chi connectivity index (χ0n) is 26.4. The fourth-order valence-electron chi connectivity index (χ4n) is 6.39. The van der Waals surface area contributed by atoms with Crippen LogP contribution in [-0.2, 0) is 34.6 Å². The van der Waals surface area contributed by atoms with E-state index < -0.39 is 0 Å². The van der Waals surface area contributed by atoms with Crippen LogP contribution in [0.1, 0.15) is 33.4 Å². The molecule has 0 aromatic heterocycles. The van der Waals surface area contributed by atoms with E-state index in [1.54, 1.807) is 12.1 Å². The Morgan fingerprint density at radius 1 is 0.400 bits per heavy atom. The second-order valence-electron chi connectivity index (χ2n) is 11.5. The average molecular weight is 623 g/mol. The fourth-order valence-corrected chi connectivity index (χ4v) is 6.39. The van der Waals surface area contributed by atoms with Gasteiger partial charge in [0.2, 0.25) is 0 Å². The van der Waals surface area contributed by atoms with Gasteiger partial charge in [-0.2, -0.15) is 0 Å². The SMILES string of the molecule is Cc1ccc(O)c(-c2ccc3c(c2)Cc2ccccc2-3)c1.Cc1ccc(O)c(-c2ccc3c(c2)Cc2ccccc2-3)c1.[CH3-].[CH3-].[Ti+2]. The average Bonchev–Trinajstić information content (AvgIpc) is 3.57. The van der Waals surface area contributed by atoms with Crippen LogP contribution in [0.4, 0.5) is 0 Å². The largest absolute Gasteiger partial charge is 2.00 e. The second kappa shape index (κ2) is 13.7. The Morgan fingerprint density at radius 2 is 0.778 bits per heavy atom. The molecule has 0 heterocycles. The van der Waals surface area contributed by atoms with Gasteiger partial charge < -0.3 is 25.1 Å². The molecule has 0 bridgehead atoms. The first-order valence-electron chi connectivity index (χ1n) is 14.5. The zero-order valence-corrected chi connectivity index (χ0v) is 27.9. The van der Waals surface area contributed by atoms with Crippen molar-refractivity contribution in [1.29, 1.82) is 0 Å². The van der Waals surface area contributed by atoms with Crippen LogP contribution < -0.4 is 0 Å². The van der Waals surface area contributed by atoms with Crippen molar-refractivity contribution in [2.24, 2.45) is 0 Å². The van der Waals surface area contributed by atoms with Gasteiger partial charge in [0.05, 0.1) is 0 Å². The van der Waals surface area contributed by atoms with Gasteiger partial charge in [0, 0.05) is 11.1 Å². The summed E-state index contributed by atoms with van der Waals surface area (Å²) >= 11 is 0. The van der Waals surface area contributed by atoms with E-state index in [-0.39, 0.29) is 36.6 Å². The molecule has 0 unspecified atom stereocenters. The molecule has 0 saturated heterocycles. The first-order valence-corrected chi connectivity index (χ1v) is 14.5. The van der Waals surface area contributed by atoms with Crippen LogP contribution in [0.2, 0.25) is 0 Å². The number of phenolic OH excluding ortho intramolecular Hbond substituents is 2. The number of rotatable bonds is 2. The van der Waals surface area contributed by atoms with Crippen molar-refractivity contribution in [3.05, 3.63) is 170 Å². The standard InChI is InChI=1S/2C20H16O.2CH3.Ti/c2*1-13-6-9-20(21)19(10-13)15-7-8-18-16(12-15)11-14-4-2-3-5-17(14)18;;;/h2*2-10,12,21H,11H2,1H3;2*1H3;/q;;2*-1;+2. The fraction of sp³-hybridized carbons (Fsp3) is 0.0952. The number of hydrogen-bond donors (Lipinski definition) is 2. The van der Waals surface area contributed by atoms with Crippen molar-refractivity contribution < 1.29 is 31.9 Å². The first kappa shape index (κ1) is 33.5. The number of phenols is 2. The number of hydrogen-bond acceptors (Lipinski definition) is 2. The summed E-state index contributed by atoms with van der Waals surface area (Å²) in [6.45, 7) is 4.10. The molecule has 0 spiro atoms. The van der Waals surface area contributed by atoms with E-state index >= 15 is 0 Å². The maximum absolute atomic E-state index is 10.1. The van der Waals surface area contributed by atoms with Gasteiger partial charge >= 0.3 is 21.7 Å². The van der Waals surface area contributed by atoms with E-state index in [0.717, 1.165) is 46.2 Å². The van der Waals surface area contributed by atoms with E-state index in [2.05, 4.69) is 84.9 Å². The smallest absolute Gasteiger partial charge is 0.507 e. The van der Waals surface area contributed by atoms with Crippen molar-refractivity contribution in [2.45, 2.75) is 26.7 Å². The minimum Gasteiger partial charge on any atom is -0.507 e. The van der Waals surface area contributed by atoms with Crippen molar-refractivity contribution in [2.75, 3.05) is 0 Å². The van der Waals surface area contributed by atoms with Crippen LogP contribution in [0.5, 0.6) is 11.5 Å². The summed E-state index contributed by atoms with van der Waals surface area (Å²) in [4.78, 5) is 0. The third kappa shape index (κ3) is 6.40. The van der Waals surface area contributed by atoms with Gasteiger partial charge in [-0.05, 0) is 107 Å². The van der Waals surface area contributed by atoms with Crippen LogP contribution in [0.25, 0.3) is 44.5 Å². The molecule has 2 aliphatic rings. The summed E-state index contributed by atoms with van der Waals surface area (Å²) < 4.78 is 0. The predicted octanol–water partition coefficient (Wildman–Crippen LogP) is 10.8. The molecule has 45 heavy (non-hydrogen) atoms. The quantitative estimate of drug-likeness (QED) is 0.149. The Morgan fingerprint density at radius 3 is 1.20 bits per heavy atom. The molecule has 0 saturated carbocycles. The number of benzene rings is 6. The van der Waals surface area contributed by atoms with E-state index in [1.165, 1.54) is 44.5 Å². The number of fused-ring (bicyclic) bond motifs is 6. The third-order valence-electron chi connectivity index (χ3n) is 8.51. The van der Waals surface area contributed by atoms with Crippen LogP contribution in [0.15, 0.2) is 121 Å². The van der Waals surface area contributed by atoms with Crippen molar-refractivity contribution >= 4 is 0 Å². The number of aryl methyl sites for hydroxylation is 2. The topological polar surface area (TPSA) is 40.5 Å². The third-order valence-corrected chi connectivity index (χ3v) is 8.51. The molecule has 6 aromatic rings. The van der Waals surface area contributed by atoms with E-state index in [0.29, 0.717) is 11.5 Å². The van der Waals surface area contributed by atoms with Crippen molar-refractivity contribution in [3.63, 3.8) is 0 Å². The molecular weight excluding hydrogens is 584 g/mol. The van der Waals surface area contributed by atoms with Crippen LogP contribution in [0, 0.1) is 28.7 Å². The molecule has 0 radical (unpaired) electrons. The summed E-state index contributed by atoms with van der Waals surface area (Å²) in [5, 5.41) is 20.2. The molecule has 0 aliphatic heterocycles. The van der Waals surface area contributed by atoms with Crippen molar-refractivity contribution in [3.8, 4) is 56.0 Å². The minimum absolute atomic E-state index is 0. The normalized spacial score (nSPS) is 11.2. The Hall–Kier alpha value is -4.37. The van der Waals surface area contributed by atoms with E-state index in [9.17, 15) is 10.2 Å². The predicted molar refractivity (Wildman–Crippen MR) is 186 cm³/mol. The summed E-state index contributed by atoms with van der Waals surface area (Å²) in [6.07, 6.45) is 1.96. The van der Waals surface area contributed by atoms with Crippen LogP contribution in [-0.4, -0.2) is 10.2 Å². The number of aromatic hydroxyl groups is 2. The van der Waals surface area contributed by atoms with Gasteiger partial charge in [-0.1, -0.05) is 108 Å². The van der Waals surface area contributed by atoms with Gasteiger partial charge in [-0.25, -0.2) is 0 Å². The maximum atomic E-state index is 10.1. The summed E-state index contributed by atoms with van der Waals surface area (Å²) in [7, 11) is 0. The summed E-state index contributed by atoms with van der Waals surface area (Å²) in [5.74, 6) is 0.687. The van der Waals surface area contributed by atoms with Gasteiger partial charge in [0.25, 0.3) is 0 Å². The molecule has 0 fully saturated rings. The first-order chi connectivity index (χ1) is 20.4. The van der Waals surface area contributed by atoms with Gasteiger partial charge in [-0.15, -0.1) is 0 Å². The van der Waals surface area contributed by atoms with Crippen LogP contribution >= 0.6 is 0 Å². The molecule has 222 valence electrons. The minimum atomic E-state index is 0. The van der Waals surface area contributed by atoms with E-state index in [1.807, 2.05) is 38.1 Å². The Labute approximate surface area is 283 Å². The Bertz CT molecular complexity index is 1840. The molecule has 2 nitrogen and oxygen atoms in total. The molecule has 3 heteroatoms. The van der Waals surface area contributed by atoms with Crippen LogP contribution in [0.3, 0.4) is 0 Å². The molecule has 2 aliphatic carbocycles. The van der Waals surface area contributed by atoms with E-state index in [4.69, 9.17) is 0 Å². The zero-order chi connectivity index (χ0) is 28.8. The van der Waals surface area contributed by atoms with Gasteiger partial charge in [0.1, 0.15) is 11.5 Å². The van der Waals surface area contributed by atoms with Crippen molar-refractivity contribution in [1.82, 2.24) is 0 Å². The molecule has 6 aromatic carbocycles. The monoisotopic (exact) mass is 622 g/mol. The molecule has 0 amide bonds. The van der Waals surface area contributed by atoms with Gasteiger partial charge in [0.15, 0.2) is 0 Å². The Balaban J connectivity index is 0.000000192. The van der Waals surface area contributed by atoms with Gasteiger partial charge in [-0.3, -0.25) is 0 Å². The molecule has 8 rings (SSSR count). The molecular formula is C42H38O2Ti. The maximum Gasteiger partial charge on any atom is 2.00 e. The Kier molecular flexibility index (Phi) is 10.2. The second-order valence-corrected chi connectivity index (χ2v) is 11.5. The molecule has 0 atom stereocenters. The summed E-state index contributed by atoms with van der Waals surface area (Å²) in [6, 6.07) is 41.6. The molecule has 2 N–H and O–H groups in total. The summed E-state index contributed by atoms with van der Waals surface area (Å²) in [5.41, 5.74) is 17.1.